The summed E-state index contributed by atoms with van der Waals surface area (Å²) in [5, 5.41) is 20.6. The van der Waals surface area contributed by atoms with E-state index in [9.17, 15) is 14.0 Å². The highest BCUT2D eigenvalue weighted by molar-refractivity contribution is 5.86. The Labute approximate surface area is 136 Å². The van der Waals surface area contributed by atoms with Crippen molar-refractivity contribution in [3.63, 3.8) is 0 Å². The highest BCUT2D eigenvalue weighted by Crippen LogP contribution is 2.17. The Kier molecular flexibility index (Phi) is 4.38. The molecule has 0 unspecified atom stereocenters. The molecule has 3 rings (SSSR count). The third-order valence-corrected chi connectivity index (χ3v) is 3.34. The SMILES string of the molecule is N#CC(=Cc1ccccc1)c1nnnn1Cc1ccc(F)cc1F. The molecule has 0 radical (unpaired) electrons. The van der Waals surface area contributed by atoms with Crippen molar-refractivity contribution in [3.8, 4) is 6.07 Å². The van der Waals surface area contributed by atoms with Gasteiger partial charge in [0, 0.05) is 11.6 Å². The maximum atomic E-state index is 13.8. The summed E-state index contributed by atoms with van der Waals surface area (Å²) < 4.78 is 28.1. The number of allylic oxidation sites excluding steroid dienone is 1. The van der Waals surface area contributed by atoms with E-state index in [-0.39, 0.29) is 23.5 Å². The molecule has 5 nitrogen and oxygen atoms in total. The first-order valence-electron chi connectivity index (χ1n) is 7.04. The molecule has 0 atom stereocenters. The van der Waals surface area contributed by atoms with Gasteiger partial charge in [-0.15, -0.1) is 5.10 Å². The fraction of sp³-hybridized carbons (Fsp3) is 0.0588. The molecule has 0 N–H and O–H groups in total. The minimum Gasteiger partial charge on any atom is -0.220 e. The molecule has 118 valence electrons. The van der Waals surface area contributed by atoms with E-state index in [1.807, 2.05) is 36.4 Å². The van der Waals surface area contributed by atoms with Crippen LogP contribution >= 0.6 is 0 Å². The molecule has 3 aromatic rings. The van der Waals surface area contributed by atoms with Crippen molar-refractivity contribution in [1.29, 1.82) is 5.26 Å². The number of tetrazole rings is 1. The summed E-state index contributed by atoms with van der Waals surface area (Å²) in [4.78, 5) is 0. The number of hydrogen-bond donors (Lipinski definition) is 0. The Morgan fingerprint density at radius 2 is 1.96 bits per heavy atom. The molecular formula is C17H11F2N5. The van der Waals surface area contributed by atoms with Crippen LogP contribution in [0.25, 0.3) is 11.6 Å². The zero-order chi connectivity index (χ0) is 16.9. The summed E-state index contributed by atoms with van der Waals surface area (Å²) in [6.45, 7) is -0.0117. The average molecular weight is 323 g/mol. The third-order valence-electron chi connectivity index (χ3n) is 3.34. The van der Waals surface area contributed by atoms with Gasteiger partial charge in [-0.3, -0.25) is 0 Å². The van der Waals surface area contributed by atoms with Gasteiger partial charge in [-0.2, -0.15) is 5.26 Å². The summed E-state index contributed by atoms with van der Waals surface area (Å²) in [5.74, 6) is -1.14. The fourth-order valence-electron chi connectivity index (χ4n) is 2.18. The van der Waals surface area contributed by atoms with Gasteiger partial charge in [0.2, 0.25) is 0 Å². The van der Waals surface area contributed by atoms with Crippen molar-refractivity contribution in [3.05, 3.63) is 77.1 Å². The molecule has 0 aliphatic heterocycles. The second kappa shape index (κ2) is 6.79. The Morgan fingerprint density at radius 1 is 1.17 bits per heavy atom. The van der Waals surface area contributed by atoms with Crippen LogP contribution in [0.5, 0.6) is 0 Å². The first-order valence-corrected chi connectivity index (χ1v) is 7.04. The van der Waals surface area contributed by atoms with E-state index < -0.39 is 11.6 Å². The maximum absolute atomic E-state index is 13.8. The number of nitrogens with zero attached hydrogens (tertiary/aromatic N) is 5. The van der Waals surface area contributed by atoms with Crippen LogP contribution in [0.3, 0.4) is 0 Å². The number of hydrogen-bond acceptors (Lipinski definition) is 4. The molecule has 24 heavy (non-hydrogen) atoms. The van der Waals surface area contributed by atoms with Crippen molar-refractivity contribution in [2.45, 2.75) is 6.54 Å². The van der Waals surface area contributed by atoms with E-state index in [1.165, 1.54) is 10.7 Å². The largest absolute Gasteiger partial charge is 0.220 e. The molecule has 1 heterocycles. The number of aromatic nitrogens is 4. The van der Waals surface area contributed by atoms with Gasteiger partial charge < -0.3 is 0 Å². The highest BCUT2D eigenvalue weighted by Gasteiger charge is 2.14. The smallest absolute Gasteiger partial charge is 0.193 e. The van der Waals surface area contributed by atoms with E-state index in [0.29, 0.717) is 0 Å². The predicted molar refractivity (Wildman–Crippen MR) is 83.2 cm³/mol. The number of benzene rings is 2. The minimum atomic E-state index is -0.693. The Bertz CT molecular complexity index is 926. The van der Waals surface area contributed by atoms with E-state index in [0.717, 1.165) is 17.7 Å². The van der Waals surface area contributed by atoms with Crippen LogP contribution in [-0.2, 0) is 6.54 Å². The van der Waals surface area contributed by atoms with Crippen LogP contribution in [0.15, 0.2) is 48.5 Å². The quantitative estimate of drug-likeness (QED) is 0.692. The highest BCUT2D eigenvalue weighted by atomic mass is 19.1. The van der Waals surface area contributed by atoms with Crippen LogP contribution in [0.2, 0.25) is 0 Å². The van der Waals surface area contributed by atoms with Crippen LogP contribution in [0.1, 0.15) is 17.0 Å². The van der Waals surface area contributed by atoms with Crippen molar-refractivity contribution < 1.29 is 8.78 Å². The average Bonchev–Trinajstić information content (AvgIpc) is 3.04. The first kappa shape index (κ1) is 15.5. The molecule has 1 aromatic heterocycles. The second-order valence-electron chi connectivity index (χ2n) is 4.98. The number of nitriles is 1. The van der Waals surface area contributed by atoms with Gasteiger partial charge in [0.15, 0.2) is 5.82 Å². The minimum absolute atomic E-state index is 0.0117. The van der Waals surface area contributed by atoms with Crippen molar-refractivity contribution in [2.75, 3.05) is 0 Å². The van der Waals surface area contributed by atoms with Gasteiger partial charge in [0.1, 0.15) is 17.7 Å². The molecule has 0 aliphatic carbocycles. The van der Waals surface area contributed by atoms with Gasteiger partial charge in [0.25, 0.3) is 0 Å². The normalized spacial score (nSPS) is 11.3. The zero-order valence-corrected chi connectivity index (χ0v) is 12.4. The fourth-order valence-corrected chi connectivity index (χ4v) is 2.18. The van der Waals surface area contributed by atoms with E-state index in [1.54, 1.807) is 6.08 Å². The monoisotopic (exact) mass is 323 g/mol. The summed E-state index contributed by atoms with van der Waals surface area (Å²) in [7, 11) is 0. The first-order chi connectivity index (χ1) is 11.7. The van der Waals surface area contributed by atoms with E-state index in [4.69, 9.17) is 0 Å². The Balaban J connectivity index is 1.95. The van der Waals surface area contributed by atoms with Crippen molar-refractivity contribution >= 4 is 11.6 Å². The van der Waals surface area contributed by atoms with Crippen LogP contribution in [-0.4, -0.2) is 20.2 Å². The summed E-state index contributed by atoms with van der Waals surface area (Å²) >= 11 is 0. The van der Waals surface area contributed by atoms with E-state index >= 15 is 0 Å². The van der Waals surface area contributed by atoms with Crippen LogP contribution in [0.4, 0.5) is 8.78 Å². The molecule has 0 fully saturated rings. The zero-order valence-electron chi connectivity index (χ0n) is 12.4. The van der Waals surface area contributed by atoms with Gasteiger partial charge in [-0.05, 0) is 28.1 Å². The van der Waals surface area contributed by atoms with Gasteiger partial charge in [-0.25, -0.2) is 13.5 Å². The lowest BCUT2D eigenvalue weighted by Crippen LogP contribution is -2.08. The summed E-state index contributed by atoms with van der Waals surface area (Å²) in [5.41, 5.74) is 1.28. The molecule has 0 spiro atoms. The molecule has 0 amide bonds. The number of halogens is 2. The van der Waals surface area contributed by atoms with Gasteiger partial charge in [-0.1, -0.05) is 36.4 Å². The van der Waals surface area contributed by atoms with E-state index in [2.05, 4.69) is 15.5 Å². The molecule has 2 aromatic carbocycles. The standard InChI is InChI=1S/C17H11F2N5/c18-15-7-6-13(16(19)9-15)11-24-17(21-22-23-24)14(10-20)8-12-4-2-1-3-5-12/h1-9H,11H2. The Hall–Kier alpha value is -3.40. The topological polar surface area (TPSA) is 67.4 Å². The lowest BCUT2D eigenvalue weighted by Gasteiger charge is -2.05. The molecule has 0 bridgehead atoms. The number of rotatable bonds is 4. The molecule has 0 aliphatic rings. The summed E-state index contributed by atoms with van der Waals surface area (Å²) in [6.07, 6.45) is 1.64. The lowest BCUT2D eigenvalue weighted by molar-refractivity contribution is 0.553. The van der Waals surface area contributed by atoms with Gasteiger partial charge >= 0.3 is 0 Å². The van der Waals surface area contributed by atoms with Crippen LogP contribution < -0.4 is 0 Å². The van der Waals surface area contributed by atoms with Crippen LogP contribution in [0, 0.1) is 23.0 Å². The molecule has 7 heteroatoms. The second-order valence-corrected chi connectivity index (χ2v) is 4.98. The summed E-state index contributed by atoms with van der Waals surface area (Å²) in [6, 6.07) is 14.6. The Morgan fingerprint density at radius 3 is 2.67 bits per heavy atom. The van der Waals surface area contributed by atoms with Crippen molar-refractivity contribution in [1.82, 2.24) is 20.2 Å². The maximum Gasteiger partial charge on any atom is 0.193 e. The third kappa shape index (κ3) is 3.33. The molecule has 0 saturated carbocycles. The molecular weight excluding hydrogens is 312 g/mol. The van der Waals surface area contributed by atoms with Crippen molar-refractivity contribution in [2.24, 2.45) is 0 Å². The van der Waals surface area contributed by atoms with Gasteiger partial charge in [0.05, 0.1) is 12.1 Å². The predicted octanol–water partition coefficient (Wildman–Crippen LogP) is 3.06. The lowest BCUT2D eigenvalue weighted by atomic mass is 10.1. The molecule has 0 saturated heterocycles.